The van der Waals surface area contributed by atoms with Crippen molar-refractivity contribution in [1.82, 2.24) is 19.8 Å². The van der Waals surface area contributed by atoms with E-state index in [1.807, 2.05) is 30.0 Å². The first-order chi connectivity index (χ1) is 15.4. The van der Waals surface area contributed by atoms with Gasteiger partial charge in [-0.1, -0.05) is 0 Å². The van der Waals surface area contributed by atoms with Crippen LogP contribution in [0.15, 0.2) is 23.0 Å². The van der Waals surface area contributed by atoms with Crippen LogP contribution in [0.2, 0.25) is 0 Å². The lowest BCUT2D eigenvalue weighted by Gasteiger charge is -2.36. The zero-order valence-electron chi connectivity index (χ0n) is 19.2. The zero-order chi connectivity index (χ0) is 22.4. The second kappa shape index (κ2) is 8.35. The maximum Gasteiger partial charge on any atom is 0.254 e. The van der Waals surface area contributed by atoms with Crippen molar-refractivity contribution < 1.29 is 9.53 Å². The summed E-state index contributed by atoms with van der Waals surface area (Å²) >= 11 is 0. The van der Waals surface area contributed by atoms with Gasteiger partial charge in [-0.05, 0) is 70.2 Å². The summed E-state index contributed by atoms with van der Waals surface area (Å²) in [6.45, 7) is 8.62. The number of aromatic amines is 1. The molecule has 1 saturated heterocycles. The molecule has 3 aliphatic rings. The van der Waals surface area contributed by atoms with Crippen molar-refractivity contribution in [1.29, 1.82) is 0 Å². The molecule has 0 unspecified atom stereocenters. The average molecular weight is 437 g/mol. The number of aromatic nitrogens is 2. The van der Waals surface area contributed by atoms with E-state index in [0.29, 0.717) is 30.5 Å². The highest BCUT2D eigenvalue weighted by Crippen LogP contribution is 2.33. The van der Waals surface area contributed by atoms with Gasteiger partial charge in [0, 0.05) is 43.2 Å². The molecule has 1 fully saturated rings. The molecule has 170 valence electrons. The van der Waals surface area contributed by atoms with Gasteiger partial charge in [-0.3, -0.25) is 14.5 Å². The molecule has 32 heavy (non-hydrogen) atoms. The first-order valence-electron chi connectivity index (χ1n) is 11.9. The normalized spacial score (nSPS) is 23.1. The molecular formula is C25H32N4O3. The van der Waals surface area contributed by atoms with E-state index in [2.05, 4.69) is 23.7 Å². The van der Waals surface area contributed by atoms with Crippen LogP contribution in [0.3, 0.4) is 0 Å². The summed E-state index contributed by atoms with van der Waals surface area (Å²) < 4.78 is 5.79. The minimum absolute atomic E-state index is 0.00114. The molecule has 1 aromatic carbocycles. The first-order valence-corrected chi connectivity index (χ1v) is 11.9. The molecule has 0 bridgehead atoms. The van der Waals surface area contributed by atoms with Crippen molar-refractivity contribution in [3.63, 3.8) is 0 Å². The van der Waals surface area contributed by atoms with Gasteiger partial charge >= 0.3 is 0 Å². The molecule has 1 amide bonds. The first kappa shape index (κ1) is 21.2. The molecule has 0 spiro atoms. The molecule has 2 atom stereocenters. The number of piperidine rings is 1. The lowest BCUT2D eigenvalue weighted by Crippen LogP contribution is -2.42. The van der Waals surface area contributed by atoms with E-state index in [1.54, 1.807) is 0 Å². The van der Waals surface area contributed by atoms with Crippen molar-refractivity contribution in [2.45, 2.75) is 77.6 Å². The van der Waals surface area contributed by atoms with Crippen molar-refractivity contribution in [2.24, 2.45) is 0 Å². The van der Waals surface area contributed by atoms with Crippen LogP contribution in [0.25, 0.3) is 0 Å². The number of rotatable bonds is 3. The largest absolute Gasteiger partial charge is 0.490 e. The fourth-order valence-corrected chi connectivity index (χ4v) is 5.26. The Labute approximate surface area is 188 Å². The van der Waals surface area contributed by atoms with E-state index in [4.69, 9.17) is 9.72 Å². The molecule has 1 N–H and O–H groups in total. The summed E-state index contributed by atoms with van der Waals surface area (Å²) in [5.74, 6) is 1.51. The van der Waals surface area contributed by atoms with E-state index >= 15 is 0 Å². The second-order valence-electron chi connectivity index (χ2n) is 9.66. The van der Waals surface area contributed by atoms with Crippen LogP contribution in [-0.4, -0.2) is 50.9 Å². The number of hydrogen-bond donors (Lipinski definition) is 1. The molecule has 0 radical (unpaired) electrons. The number of carbonyl (C=O) groups excluding carboxylic acids is 1. The van der Waals surface area contributed by atoms with Crippen LogP contribution in [-0.2, 0) is 19.4 Å². The number of nitrogens with zero attached hydrogens (tertiary/aromatic N) is 3. The molecule has 7 nitrogen and oxygen atoms in total. The summed E-state index contributed by atoms with van der Waals surface area (Å²) in [4.78, 5) is 38.6. The molecule has 7 heteroatoms. The van der Waals surface area contributed by atoms with Crippen LogP contribution in [0.5, 0.6) is 5.75 Å². The van der Waals surface area contributed by atoms with Crippen LogP contribution < -0.4 is 10.3 Å². The van der Waals surface area contributed by atoms with Gasteiger partial charge in [0.25, 0.3) is 11.5 Å². The summed E-state index contributed by atoms with van der Waals surface area (Å²) in [5, 5.41) is 0. The maximum absolute atomic E-state index is 13.5. The van der Waals surface area contributed by atoms with E-state index in [-0.39, 0.29) is 23.6 Å². The quantitative estimate of drug-likeness (QED) is 0.799. The van der Waals surface area contributed by atoms with Gasteiger partial charge in [-0.2, -0.15) is 0 Å². The van der Waals surface area contributed by atoms with Crippen molar-refractivity contribution in [3.8, 4) is 5.75 Å². The Morgan fingerprint density at radius 1 is 1.25 bits per heavy atom. The van der Waals surface area contributed by atoms with Gasteiger partial charge in [0.15, 0.2) is 0 Å². The van der Waals surface area contributed by atoms with Crippen molar-refractivity contribution in [3.05, 3.63) is 56.8 Å². The molecule has 1 aromatic heterocycles. The number of fused-ring (bicyclic) bond motifs is 2. The third-order valence-corrected chi connectivity index (χ3v) is 7.07. The van der Waals surface area contributed by atoms with Gasteiger partial charge in [0.05, 0.1) is 11.7 Å². The molecule has 0 aliphatic carbocycles. The van der Waals surface area contributed by atoms with Gasteiger partial charge in [-0.25, -0.2) is 4.98 Å². The lowest BCUT2D eigenvalue weighted by atomic mass is 9.98. The Morgan fingerprint density at radius 3 is 2.91 bits per heavy atom. The van der Waals surface area contributed by atoms with Gasteiger partial charge < -0.3 is 14.6 Å². The van der Waals surface area contributed by atoms with Crippen molar-refractivity contribution >= 4 is 5.91 Å². The second-order valence-corrected chi connectivity index (χ2v) is 9.66. The molecule has 5 rings (SSSR count). The predicted molar refractivity (Wildman–Crippen MR) is 122 cm³/mol. The predicted octanol–water partition coefficient (Wildman–Crippen LogP) is 3.23. The standard InChI is InChI=1S/C25H32N4O3/c1-15(2)28-11-9-19-20(14-28)26-23(27-24(19)30)21-6-4-5-10-29(21)25(31)17-7-8-22-18(13-17)12-16(3)32-22/h7-8,13,15-16,21H,4-6,9-12,14H2,1-3H3,(H,26,27,30)/t16-,21-/m1/s1. The highest BCUT2D eigenvalue weighted by atomic mass is 16.5. The summed E-state index contributed by atoms with van der Waals surface area (Å²) in [6, 6.07) is 5.94. The topological polar surface area (TPSA) is 78.5 Å². The summed E-state index contributed by atoms with van der Waals surface area (Å²) in [5.41, 5.74) is 3.39. The van der Waals surface area contributed by atoms with Crippen molar-refractivity contribution in [2.75, 3.05) is 13.1 Å². The number of likely N-dealkylation sites (tertiary alicyclic amines) is 1. The number of benzene rings is 1. The molecule has 3 aliphatic heterocycles. The smallest absolute Gasteiger partial charge is 0.254 e. The van der Waals surface area contributed by atoms with E-state index in [0.717, 1.165) is 61.2 Å². The highest BCUT2D eigenvalue weighted by Gasteiger charge is 2.33. The number of hydrogen-bond acceptors (Lipinski definition) is 5. The molecular weight excluding hydrogens is 404 g/mol. The summed E-state index contributed by atoms with van der Waals surface area (Å²) in [6.07, 6.45) is 4.48. The summed E-state index contributed by atoms with van der Waals surface area (Å²) in [7, 11) is 0. The Hall–Kier alpha value is -2.67. The van der Waals surface area contributed by atoms with Gasteiger partial charge in [-0.15, -0.1) is 0 Å². The number of carbonyl (C=O) groups is 1. The monoisotopic (exact) mass is 436 g/mol. The van der Waals surface area contributed by atoms with Crippen LogP contribution in [0.4, 0.5) is 0 Å². The SMILES string of the molecule is CC(C)N1CCc2c(nc([C@H]3CCCCN3C(=O)c3ccc4c(c3)C[C@@H](C)O4)[nH]c2=O)C1. The number of amides is 1. The molecule has 2 aromatic rings. The third kappa shape index (κ3) is 3.83. The third-order valence-electron chi connectivity index (χ3n) is 7.07. The number of H-pyrrole nitrogens is 1. The minimum Gasteiger partial charge on any atom is -0.490 e. The number of nitrogens with one attached hydrogen (secondary N) is 1. The Balaban J connectivity index is 1.45. The Bertz CT molecular complexity index is 1090. The minimum atomic E-state index is -0.202. The van der Waals surface area contributed by atoms with E-state index in [9.17, 15) is 9.59 Å². The zero-order valence-corrected chi connectivity index (χ0v) is 19.2. The maximum atomic E-state index is 13.5. The molecule has 0 saturated carbocycles. The highest BCUT2D eigenvalue weighted by molar-refractivity contribution is 5.95. The van der Waals surface area contributed by atoms with Crippen LogP contribution in [0, 0.1) is 0 Å². The fraction of sp³-hybridized carbons (Fsp3) is 0.560. The lowest BCUT2D eigenvalue weighted by molar-refractivity contribution is 0.0598. The number of ether oxygens (including phenoxy) is 1. The fourth-order valence-electron chi connectivity index (χ4n) is 5.26. The van der Waals surface area contributed by atoms with E-state index < -0.39 is 0 Å². The van der Waals surface area contributed by atoms with Gasteiger partial charge in [0.1, 0.15) is 17.7 Å². The van der Waals surface area contributed by atoms with Gasteiger partial charge in [0.2, 0.25) is 0 Å². The average Bonchev–Trinajstić information content (AvgIpc) is 3.17. The van der Waals surface area contributed by atoms with E-state index in [1.165, 1.54) is 0 Å². The van der Waals surface area contributed by atoms with Crippen LogP contribution >= 0.6 is 0 Å². The Morgan fingerprint density at radius 2 is 2.09 bits per heavy atom. The molecule has 4 heterocycles. The van der Waals surface area contributed by atoms with Crippen LogP contribution in [0.1, 0.15) is 79.1 Å². The Kier molecular flexibility index (Phi) is 5.53.